The van der Waals surface area contributed by atoms with Gasteiger partial charge in [0.15, 0.2) is 5.82 Å². The minimum Gasteiger partial charge on any atom is -0.369 e. The Balaban J connectivity index is 2.08. The summed E-state index contributed by atoms with van der Waals surface area (Å²) in [6.45, 7) is 3.48. The highest BCUT2D eigenvalue weighted by atomic mass is 127. The smallest absolute Gasteiger partial charge is 0.201 e. The summed E-state index contributed by atoms with van der Waals surface area (Å²) in [6.07, 6.45) is 1.73. The zero-order valence-electron chi connectivity index (χ0n) is 10.4. The highest BCUT2D eigenvalue weighted by Gasteiger charge is 2.11. The van der Waals surface area contributed by atoms with Crippen LogP contribution in [0.25, 0.3) is 11.0 Å². The molecule has 0 amide bonds. The van der Waals surface area contributed by atoms with Crippen LogP contribution in [0, 0.1) is 3.57 Å². The van der Waals surface area contributed by atoms with Crippen molar-refractivity contribution in [2.45, 2.75) is 20.0 Å². The zero-order chi connectivity index (χ0) is 13.4. The lowest BCUT2D eigenvalue weighted by molar-refractivity contribution is 0.663. The van der Waals surface area contributed by atoms with Gasteiger partial charge in [-0.05, 0) is 47.7 Å². The zero-order valence-corrected chi connectivity index (χ0v) is 12.6. The maximum atomic E-state index is 6.00. The fourth-order valence-electron chi connectivity index (χ4n) is 2.09. The van der Waals surface area contributed by atoms with Crippen LogP contribution < -0.4 is 5.73 Å². The molecule has 1 aromatic carbocycles. The van der Waals surface area contributed by atoms with Crippen LogP contribution in [0.3, 0.4) is 0 Å². The minimum absolute atomic E-state index is 0.502. The van der Waals surface area contributed by atoms with Gasteiger partial charge in [-0.3, -0.25) is 0 Å². The molecular weight excluding hydrogens is 355 g/mol. The second kappa shape index (κ2) is 4.80. The van der Waals surface area contributed by atoms with Crippen LogP contribution in [0.15, 0.2) is 24.5 Å². The van der Waals surface area contributed by atoms with E-state index < -0.39 is 0 Å². The van der Waals surface area contributed by atoms with Gasteiger partial charge in [-0.15, -0.1) is 10.2 Å². The first kappa shape index (κ1) is 12.4. The van der Waals surface area contributed by atoms with E-state index in [-0.39, 0.29) is 0 Å². The van der Waals surface area contributed by atoms with Gasteiger partial charge in [0.1, 0.15) is 6.33 Å². The van der Waals surface area contributed by atoms with Gasteiger partial charge < -0.3 is 14.9 Å². The maximum Gasteiger partial charge on any atom is 0.201 e. The lowest BCUT2D eigenvalue weighted by Crippen LogP contribution is -2.10. The predicted octanol–water partition coefficient (Wildman–Crippen LogP) is 1.88. The van der Waals surface area contributed by atoms with E-state index in [0.29, 0.717) is 12.5 Å². The highest BCUT2D eigenvalue weighted by molar-refractivity contribution is 14.1. The lowest BCUT2D eigenvalue weighted by Gasteiger charge is -2.07. The number of aryl methyl sites for hydroxylation is 1. The number of rotatable bonds is 3. The van der Waals surface area contributed by atoms with Crippen molar-refractivity contribution in [3.05, 3.63) is 33.9 Å². The molecule has 6 nitrogen and oxygen atoms in total. The molecular formula is C12H13IN6. The van der Waals surface area contributed by atoms with Crippen molar-refractivity contribution in [2.24, 2.45) is 0 Å². The summed E-state index contributed by atoms with van der Waals surface area (Å²) < 4.78 is 5.10. The Kier molecular flexibility index (Phi) is 3.13. The number of hydrogen-bond donors (Lipinski definition) is 1. The standard InChI is InChI=1S/C12H13IN6/c1-2-18-7-15-17-11(18)6-19-10-4-3-8(13)5-9(10)16-12(19)14/h3-5,7H,2,6H2,1H3,(H2,14,16). The maximum absolute atomic E-state index is 6.00. The lowest BCUT2D eigenvalue weighted by atomic mass is 10.3. The molecule has 3 rings (SSSR count). The van der Waals surface area contributed by atoms with E-state index in [2.05, 4.69) is 44.7 Å². The van der Waals surface area contributed by atoms with E-state index in [0.717, 1.165) is 27.0 Å². The first-order valence-electron chi connectivity index (χ1n) is 5.97. The largest absolute Gasteiger partial charge is 0.369 e. The molecule has 2 heterocycles. The molecule has 2 aromatic heterocycles. The molecule has 0 saturated carbocycles. The van der Waals surface area contributed by atoms with E-state index in [9.17, 15) is 0 Å². The number of nitrogens with two attached hydrogens (primary N) is 1. The van der Waals surface area contributed by atoms with Gasteiger partial charge in [0.05, 0.1) is 17.6 Å². The van der Waals surface area contributed by atoms with Gasteiger partial charge in [-0.2, -0.15) is 0 Å². The molecule has 3 aromatic rings. The van der Waals surface area contributed by atoms with Crippen molar-refractivity contribution in [1.29, 1.82) is 0 Å². The number of benzene rings is 1. The third kappa shape index (κ3) is 2.18. The van der Waals surface area contributed by atoms with Crippen LogP contribution in [-0.2, 0) is 13.1 Å². The average molecular weight is 368 g/mol. The minimum atomic E-state index is 0.502. The summed E-state index contributed by atoms with van der Waals surface area (Å²) in [5.74, 6) is 1.38. The molecule has 0 radical (unpaired) electrons. The highest BCUT2D eigenvalue weighted by Crippen LogP contribution is 2.21. The van der Waals surface area contributed by atoms with Crippen LogP contribution in [0.2, 0.25) is 0 Å². The predicted molar refractivity (Wildman–Crippen MR) is 81.7 cm³/mol. The van der Waals surface area contributed by atoms with E-state index in [4.69, 9.17) is 5.73 Å². The molecule has 19 heavy (non-hydrogen) atoms. The number of anilines is 1. The molecule has 7 heteroatoms. The number of halogens is 1. The summed E-state index contributed by atoms with van der Waals surface area (Å²) in [5, 5.41) is 8.07. The first-order chi connectivity index (χ1) is 9.19. The molecule has 0 fully saturated rings. The normalized spacial score (nSPS) is 11.3. The number of nitrogens with zero attached hydrogens (tertiary/aromatic N) is 5. The van der Waals surface area contributed by atoms with Crippen molar-refractivity contribution >= 4 is 39.6 Å². The number of nitrogen functional groups attached to an aromatic ring is 1. The molecule has 98 valence electrons. The third-order valence-corrected chi connectivity index (χ3v) is 3.75. The Bertz CT molecular complexity index is 729. The Labute approximate surface area is 123 Å². The molecule has 2 N–H and O–H groups in total. The van der Waals surface area contributed by atoms with Gasteiger partial charge in [-0.1, -0.05) is 0 Å². The van der Waals surface area contributed by atoms with Crippen molar-refractivity contribution in [3.8, 4) is 0 Å². The monoisotopic (exact) mass is 368 g/mol. The topological polar surface area (TPSA) is 74.5 Å². The first-order valence-corrected chi connectivity index (χ1v) is 7.05. The molecule has 0 atom stereocenters. The fourth-order valence-corrected chi connectivity index (χ4v) is 2.57. The molecule has 0 saturated heterocycles. The van der Waals surface area contributed by atoms with Crippen LogP contribution in [-0.4, -0.2) is 24.3 Å². The summed E-state index contributed by atoms with van der Waals surface area (Å²) in [5.41, 5.74) is 7.93. The number of imidazole rings is 1. The SMILES string of the molecule is CCn1cnnc1Cn1c(N)nc2cc(I)ccc21. The van der Waals surface area contributed by atoms with Crippen LogP contribution in [0.1, 0.15) is 12.7 Å². The van der Waals surface area contributed by atoms with Crippen LogP contribution >= 0.6 is 22.6 Å². The Hall–Kier alpha value is -1.64. The van der Waals surface area contributed by atoms with Gasteiger partial charge in [0.25, 0.3) is 0 Å². The summed E-state index contributed by atoms with van der Waals surface area (Å²) >= 11 is 2.27. The Morgan fingerprint density at radius 2 is 2.21 bits per heavy atom. The van der Waals surface area contributed by atoms with E-state index in [1.54, 1.807) is 6.33 Å². The van der Waals surface area contributed by atoms with E-state index in [1.165, 1.54) is 0 Å². The summed E-state index contributed by atoms with van der Waals surface area (Å²) in [6, 6.07) is 6.10. The van der Waals surface area contributed by atoms with Crippen molar-refractivity contribution in [1.82, 2.24) is 24.3 Å². The van der Waals surface area contributed by atoms with E-state index in [1.807, 2.05) is 27.3 Å². The van der Waals surface area contributed by atoms with Crippen molar-refractivity contribution in [2.75, 3.05) is 5.73 Å². The summed E-state index contributed by atoms with van der Waals surface area (Å²) in [4.78, 5) is 4.39. The third-order valence-electron chi connectivity index (χ3n) is 3.08. The second-order valence-corrected chi connectivity index (χ2v) is 5.47. The van der Waals surface area contributed by atoms with Gasteiger partial charge in [0, 0.05) is 10.1 Å². The second-order valence-electron chi connectivity index (χ2n) is 4.22. The number of aromatic nitrogens is 5. The van der Waals surface area contributed by atoms with E-state index >= 15 is 0 Å². The molecule has 0 aliphatic heterocycles. The molecule has 0 aliphatic rings. The number of fused-ring (bicyclic) bond motifs is 1. The molecule has 0 spiro atoms. The summed E-state index contributed by atoms with van der Waals surface area (Å²) in [7, 11) is 0. The molecule has 0 aliphatic carbocycles. The van der Waals surface area contributed by atoms with Gasteiger partial charge >= 0.3 is 0 Å². The Morgan fingerprint density at radius 1 is 1.37 bits per heavy atom. The van der Waals surface area contributed by atoms with Crippen molar-refractivity contribution < 1.29 is 0 Å². The fraction of sp³-hybridized carbons (Fsp3) is 0.250. The average Bonchev–Trinajstić information content (AvgIpc) is 2.95. The quantitative estimate of drug-likeness (QED) is 0.717. The van der Waals surface area contributed by atoms with Gasteiger partial charge in [-0.25, -0.2) is 4.98 Å². The van der Waals surface area contributed by atoms with Crippen molar-refractivity contribution in [3.63, 3.8) is 0 Å². The van der Waals surface area contributed by atoms with Crippen LogP contribution in [0.4, 0.5) is 5.95 Å². The van der Waals surface area contributed by atoms with Gasteiger partial charge in [0.2, 0.25) is 5.95 Å². The molecule has 0 bridgehead atoms. The molecule has 0 unspecified atom stereocenters. The Morgan fingerprint density at radius 3 is 3.00 bits per heavy atom. The number of hydrogen-bond acceptors (Lipinski definition) is 4. The van der Waals surface area contributed by atoms with Crippen LogP contribution in [0.5, 0.6) is 0 Å².